The van der Waals surface area contributed by atoms with Crippen LogP contribution in [0.2, 0.25) is 0 Å². The average molecular weight is 203 g/mol. The number of aliphatic hydroxyl groups is 1. The molecule has 1 aromatic rings. The summed E-state index contributed by atoms with van der Waals surface area (Å²) in [6, 6.07) is 6.21. The Morgan fingerprint density at radius 3 is 2.27 bits per heavy atom. The van der Waals surface area contributed by atoms with Crippen molar-refractivity contribution in [3.8, 4) is 6.07 Å². The van der Waals surface area contributed by atoms with Gasteiger partial charge in [-0.1, -0.05) is 17.7 Å². The first-order valence-electron chi connectivity index (χ1n) is 5.16. The maximum atomic E-state index is 9.60. The van der Waals surface area contributed by atoms with Gasteiger partial charge in [0.2, 0.25) is 0 Å². The zero-order valence-electron chi connectivity index (χ0n) is 9.54. The van der Waals surface area contributed by atoms with Gasteiger partial charge in [-0.05, 0) is 43.9 Å². The lowest BCUT2D eigenvalue weighted by molar-refractivity contribution is 0.180. The Balaban J connectivity index is 2.91. The van der Waals surface area contributed by atoms with Gasteiger partial charge in [0.25, 0.3) is 0 Å². The molecule has 15 heavy (non-hydrogen) atoms. The van der Waals surface area contributed by atoms with Crippen molar-refractivity contribution in [2.75, 3.05) is 0 Å². The normalized spacial score (nSPS) is 12.2. The lowest BCUT2D eigenvalue weighted by Crippen LogP contribution is -2.11. The lowest BCUT2D eigenvalue weighted by atomic mass is 9.95. The highest BCUT2D eigenvalue weighted by atomic mass is 16.3. The Bertz CT molecular complexity index is 367. The van der Waals surface area contributed by atoms with E-state index in [4.69, 9.17) is 5.26 Å². The third kappa shape index (κ3) is 3.07. The van der Waals surface area contributed by atoms with Crippen molar-refractivity contribution in [1.82, 2.24) is 0 Å². The van der Waals surface area contributed by atoms with Crippen LogP contribution in [0.3, 0.4) is 0 Å². The Hall–Kier alpha value is -1.33. The van der Waals surface area contributed by atoms with Crippen LogP contribution in [0.1, 0.15) is 28.7 Å². The van der Waals surface area contributed by atoms with Crippen molar-refractivity contribution in [1.29, 1.82) is 5.26 Å². The molecule has 0 saturated carbocycles. The van der Waals surface area contributed by atoms with Gasteiger partial charge in [-0.2, -0.15) is 5.26 Å². The van der Waals surface area contributed by atoms with Gasteiger partial charge in [0.15, 0.2) is 0 Å². The molecule has 0 amide bonds. The number of aliphatic hydroxyl groups excluding tert-OH is 1. The Morgan fingerprint density at radius 2 is 1.80 bits per heavy atom. The predicted molar refractivity (Wildman–Crippen MR) is 60.6 cm³/mol. The molecule has 0 heterocycles. The molecule has 0 fully saturated rings. The highest BCUT2D eigenvalue weighted by Crippen LogP contribution is 2.18. The molecule has 1 N–H and O–H groups in total. The van der Waals surface area contributed by atoms with Crippen LogP contribution >= 0.6 is 0 Å². The van der Waals surface area contributed by atoms with E-state index in [-0.39, 0.29) is 6.42 Å². The van der Waals surface area contributed by atoms with Gasteiger partial charge in [0.05, 0.1) is 18.6 Å². The SMILES string of the molecule is Cc1cc(C)c(CC(O)CC#N)c(C)c1. The van der Waals surface area contributed by atoms with Gasteiger partial charge in [-0.3, -0.25) is 0 Å². The van der Waals surface area contributed by atoms with Gasteiger partial charge < -0.3 is 5.11 Å². The van der Waals surface area contributed by atoms with Gasteiger partial charge in [-0.25, -0.2) is 0 Å². The summed E-state index contributed by atoms with van der Waals surface area (Å²) in [6.45, 7) is 6.17. The van der Waals surface area contributed by atoms with Crippen LogP contribution in [0.15, 0.2) is 12.1 Å². The molecule has 80 valence electrons. The first-order chi connectivity index (χ1) is 7.04. The second kappa shape index (κ2) is 4.95. The maximum absolute atomic E-state index is 9.60. The van der Waals surface area contributed by atoms with Crippen LogP contribution in [0.5, 0.6) is 0 Å². The second-order valence-corrected chi connectivity index (χ2v) is 4.10. The van der Waals surface area contributed by atoms with Gasteiger partial charge in [0.1, 0.15) is 0 Å². The van der Waals surface area contributed by atoms with E-state index < -0.39 is 6.10 Å². The minimum absolute atomic E-state index is 0.201. The summed E-state index contributed by atoms with van der Waals surface area (Å²) in [5.74, 6) is 0. The zero-order chi connectivity index (χ0) is 11.4. The number of nitrogens with zero attached hydrogens (tertiary/aromatic N) is 1. The third-order valence-corrected chi connectivity index (χ3v) is 2.61. The summed E-state index contributed by atoms with van der Waals surface area (Å²) >= 11 is 0. The van der Waals surface area contributed by atoms with Crippen molar-refractivity contribution < 1.29 is 5.11 Å². The Morgan fingerprint density at radius 1 is 1.27 bits per heavy atom. The Labute approximate surface area is 91.2 Å². The van der Waals surface area contributed by atoms with Crippen molar-refractivity contribution in [2.24, 2.45) is 0 Å². The molecule has 1 unspecified atom stereocenters. The summed E-state index contributed by atoms with van der Waals surface area (Å²) in [5.41, 5.74) is 4.81. The molecule has 0 aliphatic heterocycles. The van der Waals surface area contributed by atoms with E-state index in [9.17, 15) is 5.11 Å². The predicted octanol–water partition coefficient (Wildman–Crippen LogP) is 2.43. The van der Waals surface area contributed by atoms with Crippen LogP contribution in [-0.4, -0.2) is 11.2 Å². The molecule has 1 atom stereocenters. The lowest BCUT2D eigenvalue weighted by Gasteiger charge is -2.13. The van der Waals surface area contributed by atoms with E-state index in [2.05, 4.69) is 32.9 Å². The van der Waals surface area contributed by atoms with E-state index in [1.165, 1.54) is 22.3 Å². The van der Waals surface area contributed by atoms with Crippen LogP contribution in [0.25, 0.3) is 0 Å². The van der Waals surface area contributed by atoms with Gasteiger partial charge in [-0.15, -0.1) is 0 Å². The first-order valence-corrected chi connectivity index (χ1v) is 5.16. The largest absolute Gasteiger partial charge is 0.392 e. The number of hydrogen-bond acceptors (Lipinski definition) is 2. The summed E-state index contributed by atoms with van der Waals surface area (Å²) in [6.07, 6.45) is 0.230. The highest BCUT2D eigenvalue weighted by Gasteiger charge is 2.09. The maximum Gasteiger partial charge on any atom is 0.0710 e. The van der Waals surface area contributed by atoms with Crippen molar-refractivity contribution in [2.45, 2.75) is 39.7 Å². The minimum atomic E-state index is -0.546. The third-order valence-electron chi connectivity index (χ3n) is 2.61. The van der Waals surface area contributed by atoms with E-state index in [0.717, 1.165) is 0 Å². The molecule has 0 bridgehead atoms. The molecule has 0 spiro atoms. The fraction of sp³-hybridized carbons (Fsp3) is 0.462. The van der Waals surface area contributed by atoms with Crippen LogP contribution in [-0.2, 0) is 6.42 Å². The molecule has 0 radical (unpaired) electrons. The van der Waals surface area contributed by atoms with E-state index in [1.807, 2.05) is 6.07 Å². The monoisotopic (exact) mass is 203 g/mol. The molecule has 0 aliphatic rings. The molecule has 2 heteroatoms. The van der Waals surface area contributed by atoms with Crippen molar-refractivity contribution >= 4 is 0 Å². The fourth-order valence-corrected chi connectivity index (χ4v) is 1.95. The average Bonchev–Trinajstić information content (AvgIpc) is 2.11. The number of benzene rings is 1. The standard InChI is InChI=1S/C13H17NO/c1-9-6-10(2)13(11(3)7-9)8-12(15)4-5-14/h6-7,12,15H,4,8H2,1-3H3. The van der Waals surface area contributed by atoms with Crippen LogP contribution in [0.4, 0.5) is 0 Å². The summed E-state index contributed by atoms with van der Waals surface area (Å²) in [7, 11) is 0. The number of nitriles is 1. The second-order valence-electron chi connectivity index (χ2n) is 4.10. The molecule has 0 aromatic heterocycles. The highest BCUT2D eigenvalue weighted by molar-refractivity contribution is 5.37. The molecule has 0 aliphatic carbocycles. The Kier molecular flexibility index (Phi) is 3.88. The molecular formula is C13H17NO. The smallest absolute Gasteiger partial charge is 0.0710 e. The molecule has 1 aromatic carbocycles. The molecule has 2 nitrogen and oxygen atoms in total. The van der Waals surface area contributed by atoms with E-state index in [0.29, 0.717) is 6.42 Å². The zero-order valence-corrected chi connectivity index (χ0v) is 9.54. The topological polar surface area (TPSA) is 44.0 Å². The van der Waals surface area contributed by atoms with Crippen molar-refractivity contribution in [3.05, 3.63) is 34.4 Å². The molecular weight excluding hydrogens is 186 g/mol. The number of aryl methyl sites for hydroxylation is 3. The fourth-order valence-electron chi connectivity index (χ4n) is 1.95. The van der Waals surface area contributed by atoms with E-state index in [1.54, 1.807) is 0 Å². The summed E-state index contributed by atoms with van der Waals surface area (Å²) in [5, 5.41) is 18.1. The van der Waals surface area contributed by atoms with Crippen LogP contribution in [0, 0.1) is 32.1 Å². The van der Waals surface area contributed by atoms with Crippen LogP contribution < -0.4 is 0 Å². The van der Waals surface area contributed by atoms with Gasteiger partial charge in [0, 0.05) is 0 Å². The quantitative estimate of drug-likeness (QED) is 0.820. The summed E-state index contributed by atoms with van der Waals surface area (Å²) in [4.78, 5) is 0. The minimum Gasteiger partial charge on any atom is -0.392 e. The number of hydrogen-bond donors (Lipinski definition) is 1. The summed E-state index contributed by atoms with van der Waals surface area (Å²) < 4.78 is 0. The molecule has 1 rings (SSSR count). The van der Waals surface area contributed by atoms with Gasteiger partial charge >= 0.3 is 0 Å². The van der Waals surface area contributed by atoms with E-state index >= 15 is 0 Å². The van der Waals surface area contributed by atoms with Crippen molar-refractivity contribution in [3.63, 3.8) is 0 Å². The molecule has 0 saturated heterocycles. The first kappa shape index (κ1) is 11.7. The number of rotatable bonds is 3.